The lowest BCUT2D eigenvalue weighted by Gasteiger charge is -2.34. The summed E-state index contributed by atoms with van der Waals surface area (Å²) in [6.45, 7) is 1.12. The number of aliphatic hydroxyl groups is 1. The molecule has 0 saturated heterocycles. The number of rotatable bonds is 3. The second-order valence-electron chi connectivity index (χ2n) is 6.31. The number of hydrazone groups is 1. The predicted octanol–water partition coefficient (Wildman–Crippen LogP) is 2.81. The van der Waals surface area contributed by atoms with Crippen molar-refractivity contribution in [3.8, 4) is 0 Å². The zero-order valence-corrected chi connectivity index (χ0v) is 13.3. The molecule has 2 heterocycles. The Morgan fingerprint density at radius 1 is 1.31 bits per heavy atom. The first-order chi connectivity index (χ1) is 11.9. The van der Waals surface area contributed by atoms with Gasteiger partial charge in [-0.05, 0) is 25.8 Å². The molecule has 1 N–H and O–H groups in total. The molecule has 0 unspecified atom stereocenters. The van der Waals surface area contributed by atoms with Crippen molar-refractivity contribution < 1.29 is 36.2 Å². The molecule has 12 heteroatoms. The third-order valence-electron chi connectivity index (χ3n) is 4.36. The zero-order chi connectivity index (χ0) is 19.5. The topological polar surface area (TPSA) is 70.7 Å². The van der Waals surface area contributed by atoms with Crippen molar-refractivity contribution in [1.29, 1.82) is 0 Å². The molecule has 3 rings (SSSR count). The van der Waals surface area contributed by atoms with Crippen LogP contribution in [0, 0.1) is 0 Å². The van der Waals surface area contributed by atoms with E-state index in [9.17, 15) is 36.2 Å². The van der Waals surface area contributed by atoms with E-state index >= 15 is 0 Å². The molecule has 0 spiro atoms. The minimum atomic E-state index is -5.18. The van der Waals surface area contributed by atoms with Gasteiger partial charge in [0.05, 0.1) is 0 Å². The van der Waals surface area contributed by atoms with Gasteiger partial charge in [-0.3, -0.25) is 9.48 Å². The van der Waals surface area contributed by atoms with Gasteiger partial charge in [0.15, 0.2) is 5.69 Å². The molecule has 1 aromatic rings. The minimum absolute atomic E-state index is 0.122. The lowest BCUT2D eigenvalue weighted by Crippen LogP contribution is -2.57. The van der Waals surface area contributed by atoms with E-state index in [-0.39, 0.29) is 16.6 Å². The first kappa shape index (κ1) is 18.7. The van der Waals surface area contributed by atoms with Gasteiger partial charge in [-0.15, -0.1) is 0 Å². The first-order valence-corrected chi connectivity index (χ1v) is 7.68. The summed E-state index contributed by atoms with van der Waals surface area (Å²) >= 11 is 0. The second kappa shape index (κ2) is 5.69. The standard InChI is InChI=1S/C14H14F6N4O2/c1-7(11(25)24-12(26,4-5-21-24)14(18,19)20)23-9(8-2-3-8)6-10(22-23)13(15,16)17/h5-8,26H,2-4H2,1H3/t7-,12-/m1/s1. The van der Waals surface area contributed by atoms with Gasteiger partial charge in [-0.2, -0.15) is 41.6 Å². The van der Waals surface area contributed by atoms with E-state index in [1.165, 1.54) is 0 Å². The summed E-state index contributed by atoms with van der Waals surface area (Å²) in [6.07, 6.45) is -8.98. The van der Waals surface area contributed by atoms with Gasteiger partial charge in [-0.25, -0.2) is 0 Å². The van der Waals surface area contributed by atoms with Crippen LogP contribution in [0.3, 0.4) is 0 Å². The molecule has 2 aliphatic rings. The molecule has 1 aliphatic carbocycles. The monoisotopic (exact) mass is 384 g/mol. The van der Waals surface area contributed by atoms with Gasteiger partial charge in [0.1, 0.15) is 6.04 Å². The van der Waals surface area contributed by atoms with Crippen molar-refractivity contribution in [1.82, 2.24) is 14.8 Å². The molecule has 1 fully saturated rings. The summed E-state index contributed by atoms with van der Waals surface area (Å²) in [5.41, 5.74) is -4.63. The van der Waals surface area contributed by atoms with Crippen LogP contribution in [0.1, 0.15) is 49.5 Å². The summed E-state index contributed by atoms with van der Waals surface area (Å²) in [7, 11) is 0. The molecular weight excluding hydrogens is 370 g/mol. The van der Waals surface area contributed by atoms with E-state index < -0.39 is 42.1 Å². The maximum atomic E-state index is 13.1. The quantitative estimate of drug-likeness (QED) is 0.815. The Kier molecular flexibility index (Phi) is 4.09. The predicted molar refractivity (Wildman–Crippen MR) is 74.9 cm³/mol. The Hall–Kier alpha value is -2.11. The molecule has 26 heavy (non-hydrogen) atoms. The van der Waals surface area contributed by atoms with Gasteiger partial charge in [0.25, 0.3) is 11.6 Å². The maximum Gasteiger partial charge on any atom is 0.438 e. The molecule has 0 bridgehead atoms. The lowest BCUT2D eigenvalue weighted by atomic mass is 10.1. The van der Waals surface area contributed by atoms with Crippen molar-refractivity contribution in [3.63, 3.8) is 0 Å². The normalized spacial score (nSPS) is 25.0. The SMILES string of the molecule is C[C@H](C(=O)N1N=CC[C@@]1(O)C(F)(F)F)n1nc(C(F)(F)F)cc1C1CC1. The highest BCUT2D eigenvalue weighted by Crippen LogP contribution is 2.44. The number of aromatic nitrogens is 2. The number of amides is 1. The molecule has 1 saturated carbocycles. The van der Waals surface area contributed by atoms with E-state index in [1.807, 2.05) is 0 Å². The van der Waals surface area contributed by atoms with Gasteiger partial charge in [0.2, 0.25) is 0 Å². The maximum absolute atomic E-state index is 13.1. The number of halogens is 6. The van der Waals surface area contributed by atoms with E-state index in [0.29, 0.717) is 12.8 Å². The fraction of sp³-hybridized carbons (Fsp3) is 0.643. The van der Waals surface area contributed by atoms with Crippen LogP contribution in [0.4, 0.5) is 26.3 Å². The van der Waals surface area contributed by atoms with E-state index in [2.05, 4.69) is 10.2 Å². The summed E-state index contributed by atoms with van der Waals surface area (Å²) in [6, 6.07) is -0.712. The van der Waals surface area contributed by atoms with Crippen LogP contribution in [0.25, 0.3) is 0 Å². The van der Waals surface area contributed by atoms with Crippen LogP contribution in [-0.4, -0.2) is 43.9 Å². The van der Waals surface area contributed by atoms with Crippen LogP contribution in [-0.2, 0) is 11.0 Å². The summed E-state index contributed by atoms with van der Waals surface area (Å²) in [4.78, 5) is 12.5. The molecule has 1 aliphatic heterocycles. The van der Waals surface area contributed by atoms with Crippen molar-refractivity contribution >= 4 is 12.1 Å². The molecule has 1 amide bonds. The Bertz CT molecular complexity index is 752. The molecule has 6 nitrogen and oxygen atoms in total. The summed E-state index contributed by atoms with van der Waals surface area (Å²) in [5.74, 6) is -1.55. The van der Waals surface area contributed by atoms with E-state index in [4.69, 9.17) is 0 Å². The number of hydrogen-bond acceptors (Lipinski definition) is 4. The summed E-state index contributed by atoms with van der Waals surface area (Å²) in [5, 5.41) is 16.3. The zero-order valence-electron chi connectivity index (χ0n) is 13.3. The van der Waals surface area contributed by atoms with Crippen LogP contribution in [0.2, 0.25) is 0 Å². The number of carbonyl (C=O) groups excluding carboxylic acids is 1. The first-order valence-electron chi connectivity index (χ1n) is 7.68. The molecule has 144 valence electrons. The highest BCUT2D eigenvalue weighted by Gasteiger charge is 2.62. The van der Waals surface area contributed by atoms with E-state index in [0.717, 1.165) is 23.9 Å². The summed E-state index contributed by atoms with van der Waals surface area (Å²) < 4.78 is 78.9. The van der Waals surface area contributed by atoms with E-state index in [1.54, 1.807) is 0 Å². The van der Waals surface area contributed by atoms with Crippen LogP contribution in [0.5, 0.6) is 0 Å². The fourth-order valence-corrected chi connectivity index (χ4v) is 2.73. The molecular formula is C14H14F6N4O2. The minimum Gasteiger partial charge on any atom is -0.362 e. The smallest absolute Gasteiger partial charge is 0.362 e. The molecule has 2 atom stereocenters. The third kappa shape index (κ3) is 2.95. The second-order valence-corrected chi connectivity index (χ2v) is 6.31. The molecule has 0 aromatic carbocycles. The average molecular weight is 384 g/mol. The van der Waals surface area contributed by atoms with Crippen LogP contribution < -0.4 is 0 Å². The number of alkyl halides is 6. The van der Waals surface area contributed by atoms with Crippen molar-refractivity contribution in [3.05, 3.63) is 17.5 Å². The average Bonchev–Trinajstić information content (AvgIpc) is 3.11. The van der Waals surface area contributed by atoms with Gasteiger partial charge in [-0.1, -0.05) is 0 Å². The Morgan fingerprint density at radius 3 is 2.42 bits per heavy atom. The van der Waals surface area contributed by atoms with Gasteiger partial charge < -0.3 is 5.11 Å². The molecule has 0 radical (unpaired) electrons. The highest BCUT2D eigenvalue weighted by atomic mass is 19.4. The largest absolute Gasteiger partial charge is 0.438 e. The van der Waals surface area contributed by atoms with Crippen molar-refractivity contribution in [2.24, 2.45) is 5.10 Å². The Morgan fingerprint density at radius 2 is 1.92 bits per heavy atom. The third-order valence-corrected chi connectivity index (χ3v) is 4.36. The van der Waals surface area contributed by atoms with Crippen molar-refractivity contribution in [2.45, 2.75) is 56.2 Å². The van der Waals surface area contributed by atoms with Crippen LogP contribution >= 0.6 is 0 Å². The molecule has 1 aromatic heterocycles. The lowest BCUT2D eigenvalue weighted by molar-refractivity contribution is -0.302. The highest BCUT2D eigenvalue weighted by molar-refractivity contribution is 5.83. The number of carbonyl (C=O) groups is 1. The van der Waals surface area contributed by atoms with Crippen LogP contribution in [0.15, 0.2) is 11.2 Å². The van der Waals surface area contributed by atoms with Gasteiger partial charge in [0, 0.05) is 24.2 Å². The number of nitrogens with zero attached hydrogens (tertiary/aromatic N) is 4. The number of hydrogen-bond donors (Lipinski definition) is 1. The van der Waals surface area contributed by atoms with Gasteiger partial charge >= 0.3 is 12.4 Å². The Labute approximate surface area is 143 Å². The fourth-order valence-electron chi connectivity index (χ4n) is 2.73. The van der Waals surface area contributed by atoms with Crippen molar-refractivity contribution in [2.75, 3.05) is 0 Å². The Balaban J connectivity index is 1.94.